The zero-order valence-corrected chi connectivity index (χ0v) is 18.0. The molecule has 0 bridgehead atoms. The van der Waals surface area contributed by atoms with Gasteiger partial charge in [-0.2, -0.15) is 0 Å². The predicted octanol–water partition coefficient (Wildman–Crippen LogP) is 3.31. The monoisotopic (exact) mass is 459 g/mol. The van der Waals surface area contributed by atoms with Crippen LogP contribution in [0, 0.1) is 13.8 Å². The molecule has 0 unspecified atom stereocenters. The second-order valence-corrected chi connectivity index (χ2v) is 6.87. The fourth-order valence-corrected chi connectivity index (χ4v) is 3.10. The van der Waals surface area contributed by atoms with E-state index in [1.165, 1.54) is 16.1 Å². The average molecular weight is 459 g/mol. The van der Waals surface area contributed by atoms with Crippen LogP contribution in [-0.2, 0) is 13.1 Å². The summed E-state index contributed by atoms with van der Waals surface area (Å²) >= 11 is 1.72. The molecule has 0 amide bonds. The zero-order chi connectivity index (χ0) is 16.8. The molecule has 132 valence electrons. The number of aromatic nitrogens is 1. The SMILES string of the molecule is CN=C(NCc1ccc(N(C)C)cc1)NCc1sc(C)nc1C.I. The molecule has 0 aliphatic rings. The maximum Gasteiger partial charge on any atom is 0.191 e. The van der Waals surface area contributed by atoms with Gasteiger partial charge in [0.1, 0.15) is 0 Å². The van der Waals surface area contributed by atoms with Crippen molar-refractivity contribution in [1.82, 2.24) is 15.6 Å². The number of thiazole rings is 1. The van der Waals surface area contributed by atoms with Gasteiger partial charge in [0.05, 0.1) is 17.2 Å². The van der Waals surface area contributed by atoms with E-state index in [0.717, 1.165) is 29.8 Å². The minimum atomic E-state index is 0. The summed E-state index contributed by atoms with van der Waals surface area (Å²) in [7, 11) is 5.87. The molecule has 1 aromatic carbocycles. The van der Waals surface area contributed by atoms with Crippen molar-refractivity contribution in [3.05, 3.63) is 45.4 Å². The minimum absolute atomic E-state index is 0. The number of hydrogen-bond acceptors (Lipinski definition) is 4. The van der Waals surface area contributed by atoms with Crippen molar-refractivity contribution >= 4 is 47.0 Å². The maximum atomic E-state index is 4.45. The summed E-state index contributed by atoms with van der Waals surface area (Å²) in [5.41, 5.74) is 3.52. The Morgan fingerprint density at radius 3 is 2.25 bits per heavy atom. The third kappa shape index (κ3) is 5.94. The summed E-state index contributed by atoms with van der Waals surface area (Å²) < 4.78 is 0. The summed E-state index contributed by atoms with van der Waals surface area (Å²) in [4.78, 5) is 12.1. The van der Waals surface area contributed by atoms with Crippen LogP contribution in [0.1, 0.15) is 21.1 Å². The number of aliphatic imine (C=N–C) groups is 1. The number of guanidine groups is 1. The van der Waals surface area contributed by atoms with Crippen molar-refractivity contribution in [3.8, 4) is 0 Å². The Morgan fingerprint density at radius 2 is 1.75 bits per heavy atom. The van der Waals surface area contributed by atoms with Crippen LogP contribution >= 0.6 is 35.3 Å². The van der Waals surface area contributed by atoms with Gasteiger partial charge in [0.15, 0.2) is 5.96 Å². The Kier molecular flexibility index (Phi) is 8.47. The first-order chi connectivity index (χ1) is 11.0. The van der Waals surface area contributed by atoms with E-state index in [2.05, 4.69) is 49.8 Å². The highest BCUT2D eigenvalue weighted by Crippen LogP contribution is 2.16. The molecular weight excluding hydrogens is 433 g/mol. The van der Waals surface area contributed by atoms with Crippen LogP contribution in [0.5, 0.6) is 0 Å². The first-order valence-corrected chi connectivity index (χ1v) is 8.45. The molecule has 5 nitrogen and oxygen atoms in total. The molecule has 7 heteroatoms. The van der Waals surface area contributed by atoms with Gasteiger partial charge < -0.3 is 15.5 Å². The summed E-state index contributed by atoms with van der Waals surface area (Å²) in [5.74, 6) is 0.798. The van der Waals surface area contributed by atoms with Gasteiger partial charge in [-0.15, -0.1) is 35.3 Å². The smallest absolute Gasteiger partial charge is 0.191 e. The maximum absolute atomic E-state index is 4.45. The molecule has 0 fully saturated rings. The second-order valence-electron chi connectivity index (χ2n) is 5.58. The van der Waals surface area contributed by atoms with Gasteiger partial charge in [0.2, 0.25) is 0 Å². The lowest BCUT2D eigenvalue weighted by molar-refractivity contribution is 0.811. The number of hydrogen-bond donors (Lipinski definition) is 2. The molecule has 2 rings (SSSR count). The van der Waals surface area contributed by atoms with Crippen molar-refractivity contribution < 1.29 is 0 Å². The molecule has 2 aromatic rings. The number of aryl methyl sites for hydroxylation is 2. The molecule has 0 saturated carbocycles. The van der Waals surface area contributed by atoms with Gasteiger partial charge in [-0.1, -0.05) is 12.1 Å². The first kappa shape index (κ1) is 20.7. The van der Waals surface area contributed by atoms with E-state index < -0.39 is 0 Å². The predicted molar refractivity (Wildman–Crippen MR) is 115 cm³/mol. The van der Waals surface area contributed by atoms with Crippen LogP contribution in [0.2, 0.25) is 0 Å². The van der Waals surface area contributed by atoms with Gasteiger partial charge in [-0.3, -0.25) is 4.99 Å². The van der Waals surface area contributed by atoms with Gasteiger partial charge >= 0.3 is 0 Å². The molecule has 0 aliphatic carbocycles. The van der Waals surface area contributed by atoms with Gasteiger partial charge in [0.25, 0.3) is 0 Å². The van der Waals surface area contributed by atoms with Crippen LogP contribution in [0.15, 0.2) is 29.3 Å². The lowest BCUT2D eigenvalue weighted by Crippen LogP contribution is -2.36. The molecule has 2 N–H and O–H groups in total. The Morgan fingerprint density at radius 1 is 1.12 bits per heavy atom. The fraction of sp³-hybridized carbons (Fsp3) is 0.412. The van der Waals surface area contributed by atoms with Crippen LogP contribution in [-0.4, -0.2) is 32.1 Å². The lowest BCUT2D eigenvalue weighted by Gasteiger charge is -2.14. The highest BCUT2D eigenvalue weighted by atomic mass is 127. The van der Waals surface area contributed by atoms with Crippen molar-refractivity contribution in [2.45, 2.75) is 26.9 Å². The molecule has 0 spiro atoms. The topological polar surface area (TPSA) is 52.6 Å². The van der Waals surface area contributed by atoms with Crippen molar-refractivity contribution in [3.63, 3.8) is 0 Å². The standard InChI is InChI=1S/C17H25N5S.HI/c1-12-16(23-13(2)21-12)11-20-17(18-3)19-10-14-6-8-15(9-7-14)22(4)5;/h6-9H,10-11H2,1-5H3,(H2,18,19,20);1H. The normalized spacial score (nSPS) is 11.0. The molecule has 1 aromatic heterocycles. The van der Waals surface area contributed by atoms with E-state index in [9.17, 15) is 0 Å². The van der Waals surface area contributed by atoms with Crippen molar-refractivity contribution in [2.75, 3.05) is 26.0 Å². The zero-order valence-electron chi connectivity index (χ0n) is 14.9. The summed E-state index contributed by atoms with van der Waals surface area (Å²) in [6.45, 7) is 5.57. The Hall–Kier alpha value is -1.35. The van der Waals surface area contributed by atoms with E-state index in [0.29, 0.717) is 0 Å². The molecule has 0 radical (unpaired) electrons. The lowest BCUT2D eigenvalue weighted by atomic mass is 10.2. The van der Waals surface area contributed by atoms with E-state index in [1.807, 2.05) is 27.9 Å². The van der Waals surface area contributed by atoms with Crippen LogP contribution in [0.3, 0.4) is 0 Å². The fourth-order valence-electron chi connectivity index (χ4n) is 2.22. The molecule has 0 aliphatic heterocycles. The molecule has 24 heavy (non-hydrogen) atoms. The number of benzene rings is 1. The van der Waals surface area contributed by atoms with Crippen molar-refractivity contribution in [2.24, 2.45) is 4.99 Å². The number of nitrogens with one attached hydrogen (secondary N) is 2. The van der Waals surface area contributed by atoms with Crippen LogP contribution < -0.4 is 15.5 Å². The number of rotatable bonds is 5. The summed E-state index contributed by atoms with van der Waals surface area (Å²) in [6.07, 6.45) is 0. The summed E-state index contributed by atoms with van der Waals surface area (Å²) in [5, 5.41) is 7.78. The Balaban J connectivity index is 0.00000288. The average Bonchev–Trinajstić information content (AvgIpc) is 2.85. The van der Waals surface area contributed by atoms with Crippen LogP contribution in [0.4, 0.5) is 5.69 Å². The number of halogens is 1. The van der Waals surface area contributed by atoms with E-state index in [4.69, 9.17) is 0 Å². The largest absolute Gasteiger partial charge is 0.378 e. The van der Waals surface area contributed by atoms with Crippen LogP contribution in [0.25, 0.3) is 0 Å². The first-order valence-electron chi connectivity index (χ1n) is 7.63. The highest BCUT2D eigenvalue weighted by molar-refractivity contribution is 14.0. The molecular formula is C17H26IN5S. The molecule has 0 saturated heterocycles. The quantitative estimate of drug-likeness (QED) is 0.409. The van der Waals surface area contributed by atoms with E-state index >= 15 is 0 Å². The third-order valence-corrected chi connectivity index (χ3v) is 4.63. The second kappa shape index (κ2) is 9.83. The Bertz CT molecular complexity index is 664. The van der Waals surface area contributed by atoms with Crippen molar-refractivity contribution in [1.29, 1.82) is 0 Å². The molecule has 0 atom stereocenters. The third-order valence-electron chi connectivity index (χ3n) is 3.55. The van der Waals surface area contributed by atoms with E-state index in [1.54, 1.807) is 18.4 Å². The highest BCUT2D eigenvalue weighted by Gasteiger charge is 2.06. The summed E-state index contributed by atoms with van der Waals surface area (Å²) in [6, 6.07) is 8.51. The van der Waals surface area contributed by atoms with Gasteiger partial charge in [-0.25, -0.2) is 4.98 Å². The van der Waals surface area contributed by atoms with Gasteiger partial charge in [-0.05, 0) is 31.5 Å². The molecule has 1 heterocycles. The Labute approximate surface area is 165 Å². The van der Waals surface area contributed by atoms with E-state index in [-0.39, 0.29) is 24.0 Å². The van der Waals surface area contributed by atoms with Gasteiger partial charge in [0, 0.05) is 38.3 Å². The number of nitrogens with zero attached hydrogens (tertiary/aromatic N) is 3. The number of anilines is 1. The minimum Gasteiger partial charge on any atom is -0.378 e.